The summed E-state index contributed by atoms with van der Waals surface area (Å²) in [5.74, 6) is 0.547. The first kappa shape index (κ1) is 14.6. The summed E-state index contributed by atoms with van der Waals surface area (Å²) >= 11 is 1.75. The van der Waals surface area contributed by atoms with E-state index in [9.17, 15) is 0 Å². The highest BCUT2D eigenvalue weighted by molar-refractivity contribution is 7.98. The fourth-order valence-corrected chi connectivity index (χ4v) is 3.64. The van der Waals surface area contributed by atoms with Crippen molar-refractivity contribution in [2.45, 2.75) is 49.5 Å². The zero-order valence-corrected chi connectivity index (χ0v) is 13.3. The normalized spacial score (nSPS) is 16.3. The number of thioether (sulfide) groups is 1. The molecule has 0 radical (unpaired) electrons. The highest BCUT2D eigenvalue weighted by Gasteiger charge is 2.24. The molecule has 5 heteroatoms. The molecule has 2 aromatic rings. The Bertz CT molecular complexity index is 602. The molecule has 0 aliphatic heterocycles. The van der Waals surface area contributed by atoms with E-state index in [1.54, 1.807) is 11.8 Å². The molecule has 0 spiro atoms. The lowest BCUT2D eigenvalue weighted by Gasteiger charge is -2.23. The van der Waals surface area contributed by atoms with Crippen LogP contribution in [0.15, 0.2) is 29.2 Å². The van der Waals surface area contributed by atoms with Crippen molar-refractivity contribution < 1.29 is 0 Å². The molecular weight excluding hydrogens is 280 g/mol. The van der Waals surface area contributed by atoms with Gasteiger partial charge in [-0.2, -0.15) is 0 Å². The van der Waals surface area contributed by atoms with Crippen LogP contribution in [0.2, 0.25) is 0 Å². The maximum atomic E-state index is 5.88. The van der Waals surface area contributed by atoms with Crippen LogP contribution in [-0.2, 0) is 6.54 Å². The molecule has 1 aliphatic carbocycles. The molecule has 0 bridgehead atoms. The van der Waals surface area contributed by atoms with E-state index in [2.05, 4.69) is 40.8 Å². The van der Waals surface area contributed by atoms with Gasteiger partial charge in [0.05, 0.1) is 11.4 Å². The lowest BCUT2D eigenvalue weighted by molar-refractivity contribution is 0.428. The lowest BCUT2D eigenvalue weighted by Crippen LogP contribution is -2.14. The number of nitrogens with zero attached hydrogens (tertiary/aromatic N) is 3. The second kappa shape index (κ2) is 6.62. The topological polar surface area (TPSA) is 56.7 Å². The van der Waals surface area contributed by atoms with Gasteiger partial charge in [-0.25, -0.2) is 4.68 Å². The number of rotatable bonds is 4. The molecule has 0 atom stereocenters. The fraction of sp³-hybridized carbons (Fsp3) is 0.500. The SMILES string of the molecule is CSc1cccc(-n2nnc(CN)c2C2CCCCC2)c1. The average molecular weight is 302 g/mol. The van der Waals surface area contributed by atoms with Crippen molar-refractivity contribution in [3.05, 3.63) is 35.7 Å². The van der Waals surface area contributed by atoms with Gasteiger partial charge in [-0.15, -0.1) is 16.9 Å². The van der Waals surface area contributed by atoms with Crippen molar-refractivity contribution in [2.24, 2.45) is 5.73 Å². The van der Waals surface area contributed by atoms with Gasteiger partial charge in [-0.1, -0.05) is 30.5 Å². The molecule has 2 N–H and O–H groups in total. The van der Waals surface area contributed by atoms with Gasteiger partial charge in [0.15, 0.2) is 0 Å². The van der Waals surface area contributed by atoms with Crippen LogP contribution >= 0.6 is 11.8 Å². The third-order valence-electron chi connectivity index (χ3n) is 4.26. The summed E-state index contributed by atoms with van der Waals surface area (Å²) in [5, 5.41) is 8.71. The minimum atomic E-state index is 0.466. The molecule has 3 rings (SSSR count). The minimum Gasteiger partial charge on any atom is -0.325 e. The van der Waals surface area contributed by atoms with Crippen molar-refractivity contribution in [3.63, 3.8) is 0 Å². The van der Waals surface area contributed by atoms with E-state index in [4.69, 9.17) is 5.73 Å². The summed E-state index contributed by atoms with van der Waals surface area (Å²) in [7, 11) is 0. The third-order valence-corrected chi connectivity index (χ3v) is 4.99. The van der Waals surface area contributed by atoms with Gasteiger partial charge in [-0.05, 0) is 37.3 Å². The van der Waals surface area contributed by atoms with Crippen LogP contribution < -0.4 is 5.73 Å². The van der Waals surface area contributed by atoms with Gasteiger partial charge in [0.25, 0.3) is 0 Å². The highest BCUT2D eigenvalue weighted by atomic mass is 32.2. The third kappa shape index (κ3) is 2.99. The Kier molecular flexibility index (Phi) is 4.60. The van der Waals surface area contributed by atoms with E-state index in [1.165, 1.54) is 42.7 Å². The second-order valence-electron chi connectivity index (χ2n) is 5.57. The highest BCUT2D eigenvalue weighted by Crippen LogP contribution is 2.35. The Balaban J connectivity index is 2.03. The van der Waals surface area contributed by atoms with Crippen LogP contribution in [0, 0.1) is 0 Å². The van der Waals surface area contributed by atoms with E-state index < -0.39 is 0 Å². The van der Waals surface area contributed by atoms with Gasteiger partial charge >= 0.3 is 0 Å². The van der Waals surface area contributed by atoms with E-state index in [-0.39, 0.29) is 0 Å². The Morgan fingerprint density at radius 1 is 1.29 bits per heavy atom. The van der Waals surface area contributed by atoms with Crippen LogP contribution in [0.4, 0.5) is 0 Å². The van der Waals surface area contributed by atoms with Crippen LogP contribution in [0.1, 0.15) is 49.4 Å². The van der Waals surface area contributed by atoms with Gasteiger partial charge < -0.3 is 5.73 Å². The first-order chi connectivity index (χ1) is 10.3. The van der Waals surface area contributed by atoms with Gasteiger partial charge in [0.2, 0.25) is 0 Å². The Morgan fingerprint density at radius 3 is 2.81 bits per heavy atom. The molecule has 4 nitrogen and oxygen atoms in total. The van der Waals surface area contributed by atoms with Crippen molar-refractivity contribution in [2.75, 3.05) is 6.26 Å². The summed E-state index contributed by atoms with van der Waals surface area (Å²) in [6, 6.07) is 8.47. The summed E-state index contributed by atoms with van der Waals surface area (Å²) in [6.45, 7) is 0.466. The summed E-state index contributed by atoms with van der Waals surface area (Å²) in [5.41, 5.74) is 9.16. The Morgan fingerprint density at radius 2 is 2.10 bits per heavy atom. The molecule has 0 unspecified atom stereocenters. The van der Waals surface area contributed by atoms with Crippen LogP contribution in [-0.4, -0.2) is 21.2 Å². The lowest BCUT2D eigenvalue weighted by atomic mass is 9.86. The molecule has 1 aromatic heterocycles. The van der Waals surface area contributed by atoms with E-state index >= 15 is 0 Å². The molecule has 0 saturated heterocycles. The van der Waals surface area contributed by atoms with Crippen molar-refractivity contribution in [1.82, 2.24) is 15.0 Å². The first-order valence-electron chi connectivity index (χ1n) is 7.62. The number of hydrogen-bond acceptors (Lipinski definition) is 4. The molecule has 1 aliphatic rings. The molecule has 1 fully saturated rings. The number of hydrogen-bond donors (Lipinski definition) is 1. The largest absolute Gasteiger partial charge is 0.325 e. The number of nitrogens with two attached hydrogens (primary N) is 1. The molecule has 0 amide bonds. The zero-order valence-electron chi connectivity index (χ0n) is 12.5. The second-order valence-corrected chi connectivity index (χ2v) is 6.45. The van der Waals surface area contributed by atoms with E-state index in [0.717, 1.165) is 11.4 Å². The summed E-state index contributed by atoms with van der Waals surface area (Å²) in [4.78, 5) is 1.24. The first-order valence-corrected chi connectivity index (χ1v) is 8.85. The van der Waals surface area contributed by atoms with Crippen LogP contribution in [0.5, 0.6) is 0 Å². The van der Waals surface area contributed by atoms with Crippen molar-refractivity contribution in [3.8, 4) is 5.69 Å². The molecule has 112 valence electrons. The number of benzene rings is 1. The maximum Gasteiger partial charge on any atom is 0.100 e. The van der Waals surface area contributed by atoms with Crippen LogP contribution in [0.25, 0.3) is 5.69 Å². The summed E-state index contributed by atoms with van der Waals surface area (Å²) < 4.78 is 2.01. The predicted octanol–water partition coefficient (Wildman–Crippen LogP) is 3.50. The Hall–Kier alpha value is -1.33. The molecule has 1 aromatic carbocycles. The molecular formula is C16H22N4S. The number of aromatic nitrogens is 3. The average Bonchev–Trinajstić information content (AvgIpc) is 2.99. The van der Waals surface area contributed by atoms with Gasteiger partial charge in [-0.3, -0.25) is 0 Å². The standard InChI is InChI=1S/C16H22N4S/c1-21-14-9-5-8-13(10-14)20-16(15(11-17)18-19-20)12-6-3-2-4-7-12/h5,8-10,12H,2-4,6-7,11,17H2,1H3. The molecule has 1 heterocycles. The van der Waals surface area contributed by atoms with Crippen LogP contribution in [0.3, 0.4) is 0 Å². The smallest absolute Gasteiger partial charge is 0.100 e. The molecule has 21 heavy (non-hydrogen) atoms. The summed E-state index contributed by atoms with van der Waals surface area (Å²) in [6.07, 6.45) is 8.48. The van der Waals surface area contributed by atoms with Crippen molar-refractivity contribution in [1.29, 1.82) is 0 Å². The minimum absolute atomic E-state index is 0.466. The monoisotopic (exact) mass is 302 g/mol. The predicted molar refractivity (Wildman–Crippen MR) is 86.9 cm³/mol. The maximum absolute atomic E-state index is 5.88. The van der Waals surface area contributed by atoms with E-state index in [0.29, 0.717) is 12.5 Å². The molecule has 1 saturated carbocycles. The quantitative estimate of drug-likeness (QED) is 0.878. The zero-order chi connectivity index (χ0) is 14.7. The van der Waals surface area contributed by atoms with Crippen molar-refractivity contribution >= 4 is 11.8 Å². The fourth-order valence-electron chi connectivity index (χ4n) is 3.18. The Labute approximate surface area is 130 Å². The van der Waals surface area contributed by atoms with Gasteiger partial charge in [0.1, 0.15) is 5.69 Å². The van der Waals surface area contributed by atoms with E-state index in [1.807, 2.05) is 4.68 Å². The van der Waals surface area contributed by atoms with Gasteiger partial charge in [0, 0.05) is 17.4 Å².